The molecule has 0 radical (unpaired) electrons. The minimum atomic E-state index is 0.0610. The number of hydrogen-bond donors (Lipinski definition) is 1. The Balaban J connectivity index is 1.18. The van der Waals surface area contributed by atoms with Crippen molar-refractivity contribution in [1.82, 2.24) is 20.1 Å². The lowest BCUT2D eigenvalue weighted by Gasteiger charge is -2.34. The standard InChI is InChI=1S/C24H28N4O/c29-23(18-22-9-4-8-21-10-5-11-26-24(21)22)25-12-13-27-14-16-28(17-15-27)19-20-6-2-1-3-7-20/h1-11H,12-19H2,(H,25,29). The quantitative estimate of drug-likeness (QED) is 0.676. The first kappa shape index (κ1) is 19.6. The van der Waals surface area contributed by atoms with Crippen LogP contribution in [0.1, 0.15) is 11.1 Å². The molecule has 0 unspecified atom stereocenters. The summed E-state index contributed by atoms with van der Waals surface area (Å²) in [7, 11) is 0. The Labute approximate surface area is 172 Å². The van der Waals surface area contributed by atoms with Crippen LogP contribution in [0.5, 0.6) is 0 Å². The maximum Gasteiger partial charge on any atom is 0.224 e. The molecule has 0 bridgehead atoms. The van der Waals surface area contributed by atoms with E-state index >= 15 is 0 Å². The molecule has 1 saturated heterocycles. The third kappa shape index (κ3) is 5.40. The highest BCUT2D eigenvalue weighted by Crippen LogP contribution is 2.16. The lowest BCUT2D eigenvalue weighted by atomic mass is 10.1. The first-order valence-electron chi connectivity index (χ1n) is 10.4. The number of para-hydroxylation sites is 1. The van der Waals surface area contributed by atoms with Crippen molar-refractivity contribution in [2.75, 3.05) is 39.3 Å². The van der Waals surface area contributed by atoms with Crippen LogP contribution in [0.2, 0.25) is 0 Å². The van der Waals surface area contributed by atoms with E-state index in [4.69, 9.17) is 0 Å². The van der Waals surface area contributed by atoms with Crippen LogP contribution in [0.25, 0.3) is 10.9 Å². The van der Waals surface area contributed by atoms with Crippen LogP contribution in [-0.2, 0) is 17.8 Å². The Hall–Kier alpha value is -2.76. The summed E-state index contributed by atoms with van der Waals surface area (Å²) in [5, 5.41) is 4.15. The average molecular weight is 389 g/mol. The molecule has 29 heavy (non-hydrogen) atoms. The Morgan fingerprint density at radius 3 is 2.48 bits per heavy atom. The number of pyridine rings is 1. The maximum atomic E-state index is 12.4. The fourth-order valence-corrected chi connectivity index (χ4v) is 3.91. The molecule has 2 heterocycles. The van der Waals surface area contributed by atoms with Gasteiger partial charge >= 0.3 is 0 Å². The molecule has 0 spiro atoms. The fraction of sp³-hybridized carbons (Fsp3) is 0.333. The zero-order valence-electron chi connectivity index (χ0n) is 16.8. The molecule has 2 aromatic carbocycles. The summed E-state index contributed by atoms with van der Waals surface area (Å²) < 4.78 is 0. The summed E-state index contributed by atoms with van der Waals surface area (Å²) in [6.07, 6.45) is 2.15. The second-order valence-corrected chi connectivity index (χ2v) is 7.62. The van der Waals surface area contributed by atoms with E-state index in [9.17, 15) is 4.79 Å². The Bertz CT molecular complexity index is 931. The van der Waals surface area contributed by atoms with Crippen LogP contribution in [-0.4, -0.2) is 60.0 Å². The smallest absolute Gasteiger partial charge is 0.224 e. The highest BCUT2D eigenvalue weighted by molar-refractivity contribution is 5.87. The minimum Gasteiger partial charge on any atom is -0.355 e. The predicted octanol–water partition coefficient (Wildman–Crippen LogP) is 2.71. The van der Waals surface area contributed by atoms with Gasteiger partial charge in [-0.15, -0.1) is 0 Å². The van der Waals surface area contributed by atoms with Crippen LogP contribution < -0.4 is 5.32 Å². The summed E-state index contributed by atoms with van der Waals surface area (Å²) in [4.78, 5) is 21.7. The number of amides is 1. The molecular weight excluding hydrogens is 360 g/mol. The van der Waals surface area contributed by atoms with E-state index in [1.807, 2.05) is 30.3 Å². The van der Waals surface area contributed by atoms with Crippen LogP contribution in [0.3, 0.4) is 0 Å². The van der Waals surface area contributed by atoms with Crippen molar-refractivity contribution in [2.45, 2.75) is 13.0 Å². The molecule has 1 N–H and O–H groups in total. The van der Waals surface area contributed by atoms with E-state index in [-0.39, 0.29) is 5.91 Å². The summed E-state index contributed by atoms with van der Waals surface area (Å²) in [6.45, 7) is 6.86. The second-order valence-electron chi connectivity index (χ2n) is 7.62. The average Bonchev–Trinajstić information content (AvgIpc) is 2.76. The van der Waals surface area contributed by atoms with Gasteiger partial charge in [0.25, 0.3) is 0 Å². The van der Waals surface area contributed by atoms with E-state index in [1.54, 1.807) is 6.20 Å². The molecule has 1 aliphatic rings. The number of rotatable bonds is 7. The Morgan fingerprint density at radius 2 is 1.66 bits per heavy atom. The van der Waals surface area contributed by atoms with Crippen LogP contribution in [0.15, 0.2) is 66.9 Å². The normalized spacial score (nSPS) is 15.4. The fourth-order valence-electron chi connectivity index (χ4n) is 3.91. The van der Waals surface area contributed by atoms with Gasteiger partial charge in [0.2, 0.25) is 5.91 Å². The maximum absolute atomic E-state index is 12.4. The van der Waals surface area contributed by atoms with Crippen molar-refractivity contribution >= 4 is 16.8 Å². The molecule has 1 amide bonds. The number of nitrogens with one attached hydrogen (secondary N) is 1. The molecule has 5 nitrogen and oxygen atoms in total. The third-order valence-electron chi connectivity index (χ3n) is 5.53. The van der Waals surface area contributed by atoms with Gasteiger partial charge in [0.05, 0.1) is 11.9 Å². The van der Waals surface area contributed by atoms with Gasteiger partial charge in [0.1, 0.15) is 0 Å². The van der Waals surface area contributed by atoms with Gasteiger partial charge in [0.15, 0.2) is 0 Å². The van der Waals surface area contributed by atoms with E-state index in [1.165, 1.54) is 5.56 Å². The summed E-state index contributed by atoms with van der Waals surface area (Å²) >= 11 is 0. The Kier molecular flexibility index (Phi) is 6.49. The number of carbonyl (C=O) groups excluding carboxylic acids is 1. The summed E-state index contributed by atoms with van der Waals surface area (Å²) in [6, 6.07) is 20.6. The van der Waals surface area contributed by atoms with Gasteiger partial charge in [-0.25, -0.2) is 0 Å². The van der Waals surface area contributed by atoms with Gasteiger partial charge in [-0.3, -0.25) is 19.6 Å². The topological polar surface area (TPSA) is 48.5 Å². The number of hydrogen-bond acceptors (Lipinski definition) is 4. The summed E-state index contributed by atoms with van der Waals surface area (Å²) in [5.41, 5.74) is 3.27. The first-order chi connectivity index (χ1) is 14.3. The van der Waals surface area contributed by atoms with Crippen molar-refractivity contribution in [3.05, 3.63) is 78.0 Å². The highest BCUT2D eigenvalue weighted by Gasteiger charge is 2.17. The molecule has 150 valence electrons. The van der Waals surface area contributed by atoms with Gasteiger partial charge < -0.3 is 5.32 Å². The molecule has 0 aliphatic carbocycles. The molecule has 1 fully saturated rings. The monoisotopic (exact) mass is 388 g/mol. The van der Waals surface area contributed by atoms with Crippen LogP contribution >= 0.6 is 0 Å². The molecule has 3 aromatic rings. The van der Waals surface area contributed by atoms with E-state index in [0.29, 0.717) is 13.0 Å². The van der Waals surface area contributed by atoms with E-state index in [2.05, 4.69) is 50.4 Å². The SMILES string of the molecule is O=C(Cc1cccc2cccnc12)NCCN1CCN(Cc2ccccc2)CC1. The number of aromatic nitrogens is 1. The number of benzene rings is 2. The van der Waals surface area contributed by atoms with Crippen molar-refractivity contribution in [1.29, 1.82) is 0 Å². The third-order valence-corrected chi connectivity index (χ3v) is 5.53. The number of nitrogens with zero attached hydrogens (tertiary/aromatic N) is 3. The summed E-state index contributed by atoms with van der Waals surface area (Å²) in [5.74, 6) is 0.0610. The van der Waals surface area contributed by atoms with Crippen LogP contribution in [0.4, 0.5) is 0 Å². The first-order valence-corrected chi connectivity index (χ1v) is 10.4. The molecule has 0 atom stereocenters. The van der Waals surface area contributed by atoms with E-state index in [0.717, 1.165) is 55.7 Å². The zero-order valence-corrected chi connectivity index (χ0v) is 16.8. The van der Waals surface area contributed by atoms with Gasteiger partial charge in [-0.1, -0.05) is 54.6 Å². The lowest BCUT2D eigenvalue weighted by Crippen LogP contribution is -2.48. The molecule has 1 aromatic heterocycles. The van der Waals surface area contributed by atoms with Crippen molar-refractivity contribution in [3.8, 4) is 0 Å². The minimum absolute atomic E-state index is 0.0610. The molecule has 1 aliphatic heterocycles. The van der Waals surface area contributed by atoms with Crippen molar-refractivity contribution in [2.24, 2.45) is 0 Å². The van der Waals surface area contributed by atoms with Crippen molar-refractivity contribution < 1.29 is 4.79 Å². The van der Waals surface area contributed by atoms with E-state index < -0.39 is 0 Å². The molecule has 0 saturated carbocycles. The van der Waals surface area contributed by atoms with Crippen LogP contribution in [0, 0.1) is 0 Å². The highest BCUT2D eigenvalue weighted by atomic mass is 16.1. The largest absolute Gasteiger partial charge is 0.355 e. The van der Waals surface area contributed by atoms with Gasteiger partial charge in [0, 0.05) is 57.4 Å². The van der Waals surface area contributed by atoms with Gasteiger partial charge in [-0.2, -0.15) is 0 Å². The number of fused-ring (bicyclic) bond motifs is 1. The lowest BCUT2D eigenvalue weighted by molar-refractivity contribution is -0.120. The zero-order chi connectivity index (χ0) is 19.9. The van der Waals surface area contributed by atoms with Crippen molar-refractivity contribution in [3.63, 3.8) is 0 Å². The molecular formula is C24H28N4O. The number of piperazine rings is 1. The predicted molar refractivity (Wildman–Crippen MR) is 117 cm³/mol. The second kappa shape index (κ2) is 9.63. The Morgan fingerprint density at radius 1 is 0.897 bits per heavy atom. The number of carbonyl (C=O) groups is 1. The molecule has 5 heteroatoms. The molecule has 4 rings (SSSR count). The van der Waals surface area contributed by atoms with Gasteiger partial charge in [-0.05, 0) is 17.2 Å².